The van der Waals surface area contributed by atoms with Gasteiger partial charge in [-0.1, -0.05) is 117 Å². The molecule has 0 radical (unpaired) electrons. The molecule has 0 aromatic carbocycles. The molecule has 0 bridgehead atoms. The van der Waals surface area contributed by atoms with Crippen LogP contribution in [0.3, 0.4) is 0 Å². The van der Waals surface area contributed by atoms with E-state index < -0.39 is 0 Å². The third-order valence-corrected chi connectivity index (χ3v) is 6.15. The highest BCUT2D eigenvalue weighted by atomic mass is 16.5. The van der Waals surface area contributed by atoms with Crippen LogP contribution in [0.1, 0.15) is 142 Å². The van der Waals surface area contributed by atoms with E-state index in [9.17, 15) is 9.59 Å². The Labute approximate surface area is 205 Å². The summed E-state index contributed by atoms with van der Waals surface area (Å²) in [4.78, 5) is 23.7. The summed E-state index contributed by atoms with van der Waals surface area (Å²) in [5, 5.41) is 5.83. The predicted octanol–water partition coefficient (Wildman–Crippen LogP) is 7.08. The number of hydrogen-bond donors (Lipinski definition) is 2. The van der Waals surface area contributed by atoms with Crippen molar-refractivity contribution in [1.82, 2.24) is 10.6 Å². The zero-order valence-electron chi connectivity index (χ0n) is 22.2. The maximum absolute atomic E-state index is 11.8. The van der Waals surface area contributed by atoms with Gasteiger partial charge in [0.2, 0.25) is 11.8 Å². The summed E-state index contributed by atoms with van der Waals surface area (Å²) in [5.74, 6) is 0.242. The lowest BCUT2D eigenvalue weighted by Crippen LogP contribution is -2.30. The topological polar surface area (TPSA) is 67.4 Å². The molecule has 5 heteroatoms. The van der Waals surface area contributed by atoms with Crippen LogP contribution >= 0.6 is 0 Å². The second kappa shape index (κ2) is 27.1. The quantitative estimate of drug-likeness (QED) is 0.133. The van der Waals surface area contributed by atoms with Crippen LogP contribution in [0.4, 0.5) is 0 Å². The van der Waals surface area contributed by atoms with E-state index in [1.165, 1.54) is 89.9 Å². The fourth-order valence-electron chi connectivity index (χ4n) is 4.00. The second-order valence-electron chi connectivity index (χ2n) is 9.47. The highest BCUT2D eigenvalue weighted by Crippen LogP contribution is 2.11. The molecule has 0 atom stereocenters. The lowest BCUT2D eigenvalue weighted by Gasteiger charge is -2.08. The van der Waals surface area contributed by atoms with Gasteiger partial charge in [-0.05, 0) is 12.8 Å². The van der Waals surface area contributed by atoms with Gasteiger partial charge in [-0.3, -0.25) is 9.59 Å². The predicted molar refractivity (Wildman–Crippen MR) is 141 cm³/mol. The molecule has 0 fully saturated rings. The van der Waals surface area contributed by atoms with E-state index in [1.807, 2.05) is 0 Å². The van der Waals surface area contributed by atoms with Crippen molar-refractivity contribution in [2.45, 2.75) is 142 Å². The third kappa shape index (κ3) is 27.0. The molecule has 33 heavy (non-hydrogen) atoms. The van der Waals surface area contributed by atoms with Crippen LogP contribution in [0.25, 0.3) is 0 Å². The van der Waals surface area contributed by atoms with E-state index in [2.05, 4.69) is 24.5 Å². The first-order valence-corrected chi connectivity index (χ1v) is 14.3. The molecular formula is C28H56N2O3. The van der Waals surface area contributed by atoms with E-state index in [0.29, 0.717) is 39.1 Å². The fraction of sp³-hybridized carbons (Fsp3) is 0.929. The molecule has 0 saturated carbocycles. The monoisotopic (exact) mass is 468 g/mol. The van der Waals surface area contributed by atoms with Gasteiger partial charge in [0.1, 0.15) is 0 Å². The first kappa shape index (κ1) is 31.9. The molecule has 0 aromatic rings. The van der Waals surface area contributed by atoms with Crippen molar-refractivity contribution < 1.29 is 14.3 Å². The van der Waals surface area contributed by atoms with Crippen LogP contribution in [-0.4, -0.2) is 38.1 Å². The summed E-state index contributed by atoms with van der Waals surface area (Å²) in [6.45, 7) is 6.58. The SMILES string of the molecule is CCCCCCCCCCCC(=O)NCCOCCNC(=O)CCCCCCCCCCC. The van der Waals surface area contributed by atoms with Crippen molar-refractivity contribution in [3.8, 4) is 0 Å². The van der Waals surface area contributed by atoms with Crippen molar-refractivity contribution in [3.63, 3.8) is 0 Å². The molecule has 0 aliphatic carbocycles. The largest absolute Gasteiger partial charge is 0.378 e. The Kier molecular flexibility index (Phi) is 26.2. The van der Waals surface area contributed by atoms with Crippen LogP contribution in [0.5, 0.6) is 0 Å². The van der Waals surface area contributed by atoms with Crippen molar-refractivity contribution in [2.75, 3.05) is 26.3 Å². The van der Waals surface area contributed by atoms with E-state index >= 15 is 0 Å². The highest BCUT2D eigenvalue weighted by Gasteiger charge is 2.02. The Morgan fingerprint density at radius 1 is 0.485 bits per heavy atom. The van der Waals surface area contributed by atoms with Crippen LogP contribution in [0.15, 0.2) is 0 Å². The van der Waals surface area contributed by atoms with E-state index in [1.54, 1.807) is 0 Å². The molecule has 0 rings (SSSR count). The summed E-state index contributed by atoms with van der Waals surface area (Å²) < 4.78 is 5.50. The molecule has 5 nitrogen and oxygen atoms in total. The summed E-state index contributed by atoms with van der Waals surface area (Å²) in [5.41, 5.74) is 0. The van der Waals surface area contributed by atoms with Crippen LogP contribution in [-0.2, 0) is 14.3 Å². The number of carbonyl (C=O) groups is 2. The fourth-order valence-corrected chi connectivity index (χ4v) is 4.00. The van der Waals surface area contributed by atoms with E-state index in [-0.39, 0.29) is 11.8 Å². The third-order valence-electron chi connectivity index (χ3n) is 6.15. The van der Waals surface area contributed by atoms with Gasteiger partial charge in [0.15, 0.2) is 0 Å². The Bertz CT molecular complexity index is 391. The average Bonchev–Trinajstić information content (AvgIpc) is 2.81. The first-order valence-electron chi connectivity index (χ1n) is 14.3. The van der Waals surface area contributed by atoms with Gasteiger partial charge in [-0.15, -0.1) is 0 Å². The van der Waals surface area contributed by atoms with Crippen molar-refractivity contribution >= 4 is 11.8 Å². The van der Waals surface area contributed by atoms with Crippen LogP contribution in [0.2, 0.25) is 0 Å². The molecule has 0 heterocycles. The number of hydrogen-bond acceptors (Lipinski definition) is 3. The van der Waals surface area contributed by atoms with Crippen molar-refractivity contribution in [3.05, 3.63) is 0 Å². The number of unbranched alkanes of at least 4 members (excludes halogenated alkanes) is 16. The smallest absolute Gasteiger partial charge is 0.220 e. The number of nitrogens with one attached hydrogen (secondary N) is 2. The highest BCUT2D eigenvalue weighted by molar-refractivity contribution is 5.76. The Balaban J connectivity index is 3.26. The van der Waals surface area contributed by atoms with Crippen LogP contribution < -0.4 is 10.6 Å². The molecule has 0 aromatic heterocycles. The average molecular weight is 469 g/mol. The zero-order chi connectivity index (χ0) is 24.2. The van der Waals surface area contributed by atoms with Gasteiger partial charge < -0.3 is 15.4 Å². The lowest BCUT2D eigenvalue weighted by molar-refractivity contribution is -0.121. The minimum atomic E-state index is 0.121. The summed E-state index contributed by atoms with van der Waals surface area (Å²) >= 11 is 0. The molecule has 196 valence electrons. The first-order chi connectivity index (χ1) is 16.2. The molecule has 0 aliphatic rings. The molecule has 2 amide bonds. The second-order valence-corrected chi connectivity index (χ2v) is 9.47. The molecule has 0 unspecified atom stereocenters. The molecule has 2 N–H and O–H groups in total. The normalized spacial score (nSPS) is 11.0. The maximum Gasteiger partial charge on any atom is 0.220 e. The summed E-state index contributed by atoms with van der Waals surface area (Å²) in [6, 6.07) is 0. The number of ether oxygens (including phenoxy) is 1. The minimum Gasteiger partial charge on any atom is -0.378 e. The summed E-state index contributed by atoms with van der Waals surface area (Å²) in [6.07, 6.45) is 24.0. The molecular weight excluding hydrogens is 412 g/mol. The van der Waals surface area contributed by atoms with Gasteiger partial charge in [0.25, 0.3) is 0 Å². The van der Waals surface area contributed by atoms with Crippen molar-refractivity contribution in [1.29, 1.82) is 0 Å². The van der Waals surface area contributed by atoms with E-state index in [4.69, 9.17) is 4.74 Å². The van der Waals surface area contributed by atoms with Gasteiger partial charge in [-0.2, -0.15) is 0 Å². The Morgan fingerprint density at radius 2 is 0.788 bits per heavy atom. The van der Waals surface area contributed by atoms with Gasteiger partial charge in [0, 0.05) is 25.9 Å². The van der Waals surface area contributed by atoms with Crippen LogP contribution in [0, 0.1) is 0 Å². The molecule has 0 saturated heterocycles. The summed E-state index contributed by atoms with van der Waals surface area (Å²) in [7, 11) is 0. The minimum absolute atomic E-state index is 0.121. The standard InChI is InChI=1S/C28H56N2O3/c1-3-5-7-9-11-13-15-17-19-21-27(31)29-23-25-33-26-24-30-28(32)22-20-18-16-14-12-10-8-6-4-2/h3-26H2,1-2H3,(H,29,31)(H,30,32). The van der Waals surface area contributed by atoms with Gasteiger partial charge in [-0.25, -0.2) is 0 Å². The Hall–Kier alpha value is -1.10. The van der Waals surface area contributed by atoms with Gasteiger partial charge in [0.05, 0.1) is 13.2 Å². The zero-order valence-corrected chi connectivity index (χ0v) is 22.2. The maximum atomic E-state index is 11.8. The molecule has 0 spiro atoms. The number of amides is 2. The van der Waals surface area contributed by atoms with Gasteiger partial charge >= 0.3 is 0 Å². The Morgan fingerprint density at radius 3 is 1.12 bits per heavy atom. The van der Waals surface area contributed by atoms with Crippen molar-refractivity contribution in [2.24, 2.45) is 0 Å². The number of rotatable bonds is 26. The lowest BCUT2D eigenvalue weighted by atomic mass is 10.1. The molecule has 0 aliphatic heterocycles. The van der Waals surface area contributed by atoms with E-state index in [0.717, 1.165) is 25.7 Å². The number of carbonyl (C=O) groups excluding carboxylic acids is 2.